The Morgan fingerprint density at radius 3 is 2.16 bits per heavy atom. The molecule has 2 aliphatic carbocycles. The van der Waals surface area contributed by atoms with Crippen molar-refractivity contribution in [1.29, 1.82) is 0 Å². The minimum Gasteiger partial charge on any atom is -0.453 e. The molecule has 386 valence electrons. The third-order valence-electron chi connectivity index (χ3n) is 15.1. The first-order chi connectivity index (χ1) is 29.9. The van der Waals surface area contributed by atoms with Gasteiger partial charge in [-0.1, -0.05) is 89.9 Å². The SMILES string of the molecule is COC(=O)N[C@H](C(=O)N1[C@H](c2nc3c([nH]2)CCCc2cc(-c4ccc(-c5cnc([C@@H]6C[C@@]7(CCCOC7)CN6C(=O)[C@@H](C)C(C)C)[nH]5)cc4)ccc2-3)C[C@@H]2CCCC[C@@H]21)C(C)C.S.S.S.S.S.S.S. The van der Waals surface area contributed by atoms with Crippen molar-refractivity contribution in [2.75, 3.05) is 26.9 Å². The van der Waals surface area contributed by atoms with Gasteiger partial charge in [-0.3, -0.25) is 9.59 Å². The monoisotopic (exact) mass is 1080 g/mol. The smallest absolute Gasteiger partial charge is 0.407 e. The fourth-order valence-electron chi connectivity index (χ4n) is 11.3. The van der Waals surface area contributed by atoms with Crippen LogP contribution in [0.25, 0.3) is 33.6 Å². The second-order valence-electron chi connectivity index (χ2n) is 19.8. The molecule has 3 N–H and O–H groups in total. The van der Waals surface area contributed by atoms with Crippen LogP contribution in [0.1, 0.15) is 127 Å². The molecule has 0 unspecified atom stereocenters. The summed E-state index contributed by atoms with van der Waals surface area (Å²) in [5.74, 6) is 2.39. The predicted octanol–water partition coefficient (Wildman–Crippen LogP) is 9.99. The first kappa shape index (κ1) is 62.6. The highest BCUT2D eigenvalue weighted by Gasteiger charge is 2.50. The number of fused-ring (bicyclic) bond motifs is 4. The molecule has 3 aliphatic heterocycles. The van der Waals surface area contributed by atoms with Crippen molar-refractivity contribution in [3.63, 3.8) is 0 Å². The number of aromatic amines is 2. The molecule has 2 aromatic heterocycles. The van der Waals surface area contributed by atoms with Crippen LogP contribution >= 0.6 is 94.5 Å². The van der Waals surface area contributed by atoms with E-state index in [2.05, 4.69) is 81.4 Å². The number of amides is 3. The highest BCUT2D eigenvalue weighted by atomic mass is 32.1. The van der Waals surface area contributed by atoms with Gasteiger partial charge in [0.2, 0.25) is 11.8 Å². The van der Waals surface area contributed by atoms with E-state index in [1.807, 2.05) is 27.0 Å². The first-order valence-electron chi connectivity index (χ1n) is 23.4. The van der Waals surface area contributed by atoms with E-state index < -0.39 is 12.1 Å². The van der Waals surface area contributed by atoms with Crippen LogP contribution in [0.2, 0.25) is 0 Å². The lowest BCUT2D eigenvalue weighted by Crippen LogP contribution is -2.53. The van der Waals surface area contributed by atoms with Crippen LogP contribution in [0.5, 0.6) is 0 Å². The summed E-state index contributed by atoms with van der Waals surface area (Å²) in [6.45, 7) is 12.4. The third-order valence-corrected chi connectivity index (χ3v) is 15.1. The fourth-order valence-corrected chi connectivity index (χ4v) is 11.3. The number of carbonyl (C=O) groups is 3. The van der Waals surface area contributed by atoms with Gasteiger partial charge in [-0.2, -0.15) is 94.5 Å². The zero-order chi connectivity index (χ0) is 43.3. The summed E-state index contributed by atoms with van der Waals surface area (Å²) in [6.07, 6.45) is 12.4. The molecule has 0 radical (unpaired) electrons. The maximum Gasteiger partial charge on any atom is 0.407 e. The van der Waals surface area contributed by atoms with Crippen LogP contribution in [0.15, 0.2) is 48.7 Å². The number of hydrogen-bond acceptors (Lipinski definition) is 7. The highest BCUT2D eigenvalue weighted by molar-refractivity contribution is 7.60. The molecule has 12 nitrogen and oxygen atoms in total. The maximum absolute atomic E-state index is 14.4. The summed E-state index contributed by atoms with van der Waals surface area (Å²) in [5.41, 5.74) is 8.83. The predicted molar refractivity (Wildman–Crippen MR) is 311 cm³/mol. The molecule has 69 heavy (non-hydrogen) atoms. The van der Waals surface area contributed by atoms with Crippen LogP contribution in [0, 0.1) is 29.1 Å². The number of hydrogen-bond donors (Lipinski definition) is 3. The standard InChI is InChI=1S/C50H65N7O5.7H2S/c1-29(2)31(5)47(58)56-27-50(21-10-22-62-28-50)25-42(56)45-51-26-39(53-45)33-17-15-32(16-18-33)34-19-20-37-35(23-34)12-9-13-38-44(37)54-46(52-38)41-24-36-11-7-8-14-40(36)57(41)48(59)43(30(3)4)55-49(60)61-6;;;;;;;/h15-20,23,26,29-31,36,40-43H,7-14,21-22,24-25,27-28H2,1-6H3,(H,51,53)(H,52,54)(H,55,60);7*1H2/t31-,36-,40-,41-,42-,43-,50-;;;;;;;/m0......./s1. The van der Waals surface area contributed by atoms with Gasteiger partial charge < -0.3 is 34.6 Å². The van der Waals surface area contributed by atoms with Crippen LogP contribution in [-0.2, 0) is 31.9 Å². The largest absolute Gasteiger partial charge is 0.453 e. The Morgan fingerprint density at radius 1 is 0.797 bits per heavy atom. The molecule has 1 spiro atoms. The molecule has 1 saturated carbocycles. The molecular formula is C50H79N7O5S7. The molecule has 0 bridgehead atoms. The molecule has 7 atom stereocenters. The highest BCUT2D eigenvalue weighted by Crippen LogP contribution is 2.49. The molecule has 4 aromatic rings. The summed E-state index contributed by atoms with van der Waals surface area (Å²) in [7, 11) is 1.34. The number of H-pyrrole nitrogens is 2. The summed E-state index contributed by atoms with van der Waals surface area (Å²) in [5, 5.41) is 2.84. The van der Waals surface area contributed by atoms with Crippen molar-refractivity contribution < 1.29 is 23.9 Å². The Labute approximate surface area is 458 Å². The van der Waals surface area contributed by atoms with Crippen molar-refractivity contribution in [2.45, 2.75) is 129 Å². The maximum atomic E-state index is 14.4. The van der Waals surface area contributed by atoms with Gasteiger partial charge in [0.1, 0.15) is 17.7 Å². The van der Waals surface area contributed by atoms with Gasteiger partial charge in [0, 0.05) is 41.8 Å². The molecule has 3 amide bonds. The number of ether oxygens (including phenoxy) is 2. The second kappa shape index (κ2) is 26.4. The van der Waals surface area contributed by atoms with Gasteiger partial charge in [0.05, 0.1) is 43.4 Å². The number of aromatic nitrogens is 4. The summed E-state index contributed by atoms with van der Waals surface area (Å²) < 4.78 is 10.9. The molecule has 2 aromatic carbocycles. The fraction of sp³-hybridized carbons (Fsp3) is 0.580. The van der Waals surface area contributed by atoms with Gasteiger partial charge in [0.25, 0.3) is 0 Å². The Balaban J connectivity index is 0.00000233. The Kier molecular flexibility index (Phi) is 24.0. The number of nitrogens with zero attached hydrogens (tertiary/aromatic N) is 4. The van der Waals surface area contributed by atoms with E-state index in [1.54, 1.807) is 0 Å². The second-order valence-corrected chi connectivity index (χ2v) is 19.8. The average molecular weight is 1080 g/mol. The molecular weight excluding hydrogens is 1000 g/mol. The Morgan fingerprint density at radius 2 is 1.49 bits per heavy atom. The molecule has 5 heterocycles. The van der Waals surface area contributed by atoms with Gasteiger partial charge in [-0.05, 0) is 97.8 Å². The van der Waals surface area contributed by atoms with Crippen molar-refractivity contribution in [1.82, 2.24) is 35.1 Å². The van der Waals surface area contributed by atoms with Crippen LogP contribution in [0.3, 0.4) is 0 Å². The van der Waals surface area contributed by atoms with E-state index in [-0.39, 0.29) is 148 Å². The number of carbonyl (C=O) groups excluding carboxylic acids is 3. The minimum absolute atomic E-state index is 0. The minimum atomic E-state index is -0.674. The topological polar surface area (TPSA) is 146 Å². The zero-order valence-corrected chi connectivity index (χ0v) is 48.0. The number of methoxy groups -OCH3 is 1. The van der Waals surface area contributed by atoms with E-state index >= 15 is 0 Å². The van der Waals surface area contributed by atoms with E-state index in [1.165, 1.54) is 19.1 Å². The Bertz CT molecular complexity index is 2300. The Hall–Kier alpha value is -2.52. The van der Waals surface area contributed by atoms with Crippen molar-refractivity contribution >= 4 is 112 Å². The van der Waals surface area contributed by atoms with Crippen LogP contribution in [0.4, 0.5) is 4.79 Å². The van der Waals surface area contributed by atoms with Gasteiger partial charge >= 0.3 is 6.09 Å². The number of imidazole rings is 2. The number of aryl methyl sites for hydroxylation is 2. The van der Waals surface area contributed by atoms with Gasteiger partial charge in [-0.15, -0.1) is 0 Å². The van der Waals surface area contributed by atoms with Gasteiger partial charge in [0.15, 0.2) is 0 Å². The quantitative estimate of drug-likeness (QED) is 0.151. The average Bonchev–Trinajstić information content (AvgIpc) is 4.08. The number of alkyl carbamates (subject to hydrolysis) is 1. The first-order valence-corrected chi connectivity index (χ1v) is 23.4. The molecule has 9 rings (SSSR count). The summed E-state index contributed by atoms with van der Waals surface area (Å²) in [4.78, 5) is 62.4. The number of nitrogens with one attached hydrogen (secondary N) is 3. The van der Waals surface area contributed by atoms with E-state index in [4.69, 9.17) is 19.4 Å². The van der Waals surface area contributed by atoms with E-state index in [9.17, 15) is 14.4 Å². The zero-order valence-electron chi connectivity index (χ0n) is 41.0. The van der Waals surface area contributed by atoms with E-state index in [0.29, 0.717) is 12.5 Å². The van der Waals surface area contributed by atoms with Crippen molar-refractivity contribution in [3.8, 4) is 33.6 Å². The summed E-state index contributed by atoms with van der Waals surface area (Å²) >= 11 is 0. The van der Waals surface area contributed by atoms with Crippen LogP contribution in [-0.4, -0.2) is 86.6 Å². The number of benzene rings is 2. The lowest BCUT2D eigenvalue weighted by Gasteiger charge is -2.36. The van der Waals surface area contributed by atoms with Crippen molar-refractivity contribution in [3.05, 3.63) is 71.6 Å². The molecule has 4 fully saturated rings. The third kappa shape index (κ3) is 12.6. The van der Waals surface area contributed by atoms with Gasteiger partial charge in [-0.25, -0.2) is 14.8 Å². The number of likely N-dealkylation sites (tertiary alicyclic amines) is 2. The molecule has 19 heteroatoms. The van der Waals surface area contributed by atoms with E-state index in [0.717, 1.165) is 128 Å². The summed E-state index contributed by atoms with van der Waals surface area (Å²) in [6, 6.07) is 14.6. The van der Waals surface area contributed by atoms with Crippen molar-refractivity contribution in [2.24, 2.45) is 29.1 Å². The lowest BCUT2D eigenvalue weighted by atomic mass is 9.80. The van der Waals surface area contributed by atoms with Crippen LogP contribution < -0.4 is 5.32 Å². The molecule has 5 aliphatic rings. The lowest BCUT2D eigenvalue weighted by molar-refractivity contribution is -0.139. The molecule has 3 saturated heterocycles. The normalized spacial score (nSPS) is 23.0. The number of rotatable bonds is 9.